The Bertz CT molecular complexity index is 1100. The van der Waals surface area contributed by atoms with Gasteiger partial charge in [-0.05, 0) is 54.4 Å². The number of rotatable bonds is 5. The van der Waals surface area contributed by atoms with Crippen molar-refractivity contribution in [2.24, 2.45) is 0 Å². The summed E-state index contributed by atoms with van der Waals surface area (Å²) in [4.78, 5) is 13.1. The first-order valence-electron chi connectivity index (χ1n) is 9.04. The SMILES string of the molecule is CCc1ccccc1NC(=O)c1cnn(-c2ccc(F)cc2)c1-n1cccc1. The number of halogens is 1. The maximum atomic E-state index is 13.3. The van der Waals surface area contributed by atoms with Crippen LogP contribution in [0, 0.1) is 5.82 Å². The van der Waals surface area contributed by atoms with Gasteiger partial charge in [0.1, 0.15) is 11.4 Å². The first-order valence-corrected chi connectivity index (χ1v) is 9.04. The van der Waals surface area contributed by atoms with Gasteiger partial charge in [-0.25, -0.2) is 9.07 Å². The minimum atomic E-state index is -0.326. The van der Waals surface area contributed by atoms with E-state index in [1.165, 1.54) is 18.3 Å². The molecule has 1 amide bonds. The van der Waals surface area contributed by atoms with Crippen LogP contribution in [0.5, 0.6) is 0 Å². The fourth-order valence-corrected chi connectivity index (χ4v) is 3.14. The zero-order chi connectivity index (χ0) is 19.5. The van der Waals surface area contributed by atoms with Crippen LogP contribution in [-0.4, -0.2) is 20.3 Å². The van der Waals surface area contributed by atoms with E-state index in [0.717, 1.165) is 17.7 Å². The molecule has 0 radical (unpaired) electrons. The number of hydrogen-bond acceptors (Lipinski definition) is 2. The smallest absolute Gasteiger partial charge is 0.261 e. The third-order valence-corrected chi connectivity index (χ3v) is 4.56. The molecule has 0 bridgehead atoms. The summed E-state index contributed by atoms with van der Waals surface area (Å²) in [7, 11) is 0. The van der Waals surface area contributed by atoms with E-state index in [2.05, 4.69) is 10.4 Å². The molecule has 4 rings (SSSR count). The average Bonchev–Trinajstić information content (AvgIpc) is 3.38. The molecule has 140 valence electrons. The number of anilines is 1. The van der Waals surface area contributed by atoms with Gasteiger partial charge < -0.3 is 9.88 Å². The van der Waals surface area contributed by atoms with Gasteiger partial charge in [0.05, 0.1) is 11.9 Å². The predicted octanol–water partition coefficient (Wildman–Crippen LogP) is 4.62. The second-order valence-corrected chi connectivity index (χ2v) is 6.33. The Labute approximate surface area is 162 Å². The Kier molecular flexibility index (Phi) is 4.76. The van der Waals surface area contributed by atoms with Gasteiger partial charge in [0, 0.05) is 18.1 Å². The van der Waals surface area contributed by atoms with Crippen molar-refractivity contribution in [3.8, 4) is 11.5 Å². The first-order chi connectivity index (χ1) is 13.7. The summed E-state index contributed by atoms with van der Waals surface area (Å²) in [5.41, 5.74) is 2.93. The van der Waals surface area contributed by atoms with Crippen LogP contribution in [0.1, 0.15) is 22.8 Å². The molecule has 0 aliphatic rings. The Morgan fingerprint density at radius 3 is 2.46 bits per heavy atom. The van der Waals surface area contributed by atoms with E-state index >= 15 is 0 Å². The Hall–Kier alpha value is -3.67. The summed E-state index contributed by atoms with van der Waals surface area (Å²) in [5.74, 6) is 0.00797. The van der Waals surface area contributed by atoms with Gasteiger partial charge in [-0.15, -0.1) is 0 Å². The Morgan fingerprint density at radius 1 is 1.04 bits per heavy atom. The summed E-state index contributed by atoms with van der Waals surface area (Å²) in [6, 6.07) is 17.5. The lowest BCUT2D eigenvalue weighted by atomic mass is 10.1. The number of hydrogen-bond donors (Lipinski definition) is 1. The van der Waals surface area contributed by atoms with E-state index in [1.807, 2.05) is 60.3 Å². The molecular weight excluding hydrogens is 355 g/mol. The summed E-state index contributed by atoms with van der Waals surface area (Å²) >= 11 is 0. The molecule has 1 N–H and O–H groups in total. The van der Waals surface area contributed by atoms with Crippen molar-refractivity contribution in [1.82, 2.24) is 14.3 Å². The van der Waals surface area contributed by atoms with Crippen molar-refractivity contribution in [2.45, 2.75) is 13.3 Å². The standard InChI is InChI=1S/C22H19FN4O/c1-2-16-7-3-4-8-20(16)25-21(28)19-15-24-27(18-11-9-17(23)10-12-18)22(19)26-13-5-6-14-26/h3-15H,2H2,1H3,(H,25,28). The third kappa shape index (κ3) is 3.32. The van der Waals surface area contributed by atoms with Crippen LogP contribution in [0.15, 0.2) is 79.3 Å². The molecule has 2 heterocycles. The molecule has 2 aromatic heterocycles. The predicted molar refractivity (Wildman–Crippen MR) is 107 cm³/mol. The normalized spacial score (nSPS) is 10.8. The van der Waals surface area contributed by atoms with E-state index < -0.39 is 0 Å². The zero-order valence-corrected chi connectivity index (χ0v) is 15.3. The maximum absolute atomic E-state index is 13.3. The molecule has 4 aromatic rings. The second kappa shape index (κ2) is 7.52. The number of benzene rings is 2. The van der Waals surface area contributed by atoms with Gasteiger partial charge in [0.15, 0.2) is 5.82 Å². The summed E-state index contributed by atoms with van der Waals surface area (Å²) in [6.07, 6.45) is 6.03. The summed E-state index contributed by atoms with van der Waals surface area (Å²) in [5, 5.41) is 7.38. The van der Waals surface area contributed by atoms with Gasteiger partial charge >= 0.3 is 0 Å². The van der Waals surface area contributed by atoms with E-state index in [0.29, 0.717) is 17.1 Å². The fourth-order valence-electron chi connectivity index (χ4n) is 3.14. The van der Waals surface area contributed by atoms with Gasteiger partial charge in [-0.2, -0.15) is 5.10 Å². The highest BCUT2D eigenvalue weighted by Crippen LogP contribution is 2.22. The minimum Gasteiger partial charge on any atom is -0.322 e. The summed E-state index contributed by atoms with van der Waals surface area (Å²) in [6.45, 7) is 2.04. The van der Waals surface area contributed by atoms with Crippen LogP contribution in [-0.2, 0) is 6.42 Å². The van der Waals surface area contributed by atoms with Gasteiger partial charge in [0.2, 0.25) is 0 Å². The molecule has 6 heteroatoms. The van der Waals surface area contributed by atoms with Crippen LogP contribution in [0.3, 0.4) is 0 Å². The highest BCUT2D eigenvalue weighted by atomic mass is 19.1. The van der Waals surface area contributed by atoms with Crippen molar-refractivity contribution in [1.29, 1.82) is 0 Å². The highest BCUT2D eigenvalue weighted by molar-refractivity contribution is 6.06. The van der Waals surface area contributed by atoms with E-state index in [9.17, 15) is 9.18 Å². The number of nitrogens with one attached hydrogen (secondary N) is 1. The lowest BCUT2D eigenvalue weighted by molar-refractivity contribution is 0.102. The van der Waals surface area contributed by atoms with Crippen molar-refractivity contribution < 1.29 is 9.18 Å². The number of nitrogens with zero attached hydrogens (tertiary/aromatic N) is 3. The fraction of sp³-hybridized carbons (Fsp3) is 0.0909. The van der Waals surface area contributed by atoms with Crippen LogP contribution in [0.25, 0.3) is 11.5 Å². The maximum Gasteiger partial charge on any atom is 0.261 e. The minimum absolute atomic E-state index is 0.252. The summed E-state index contributed by atoms with van der Waals surface area (Å²) < 4.78 is 16.8. The number of para-hydroxylation sites is 1. The van der Waals surface area contributed by atoms with E-state index in [4.69, 9.17) is 0 Å². The van der Waals surface area contributed by atoms with Crippen molar-refractivity contribution >= 4 is 11.6 Å². The monoisotopic (exact) mass is 374 g/mol. The zero-order valence-electron chi connectivity index (χ0n) is 15.3. The average molecular weight is 374 g/mol. The van der Waals surface area contributed by atoms with Gasteiger partial charge in [0.25, 0.3) is 5.91 Å². The number of carbonyl (C=O) groups is 1. The molecule has 28 heavy (non-hydrogen) atoms. The lowest BCUT2D eigenvalue weighted by Crippen LogP contribution is -2.16. The molecule has 5 nitrogen and oxygen atoms in total. The molecule has 2 aromatic carbocycles. The molecule has 0 fully saturated rings. The molecule has 0 saturated carbocycles. The second-order valence-electron chi connectivity index (χ2n) is 6.33. The van der Waals surface area contributed by atoms with E-state index in [1.54, 1.807) is 16.8 Å². The molecular formula is C22H19FN4O. The van der Waals surface area contributed by atoms with Crippen molar-refractivity contribution in [2.75, 3.05) is 5.32 Å². The molecule has 0 aliphatic heterocycles. The molecule has 0 unspecified atom stereocenters. The molecule has 0 atom stereocenters. The Morgan fingerprint density at radius 2 is 1.75 bits per heavy atom. The van der Waals surface area contributed by atoms with Crippen LogP contribution >= 0.6 is 0 Å². The highest BCUT2D eigenvalue weighted by Gasteiger charge is 2.20. The number of aryl methyl sites for hydroxylation is 1. The first kappa shape index (κ1) is 17.7. The van der Waals surface area contributed by atoms with Crippen molar-refractivity contribution in [3.63, 3.8) is 0 Å². The van der Waals surface area contributed by atoms with Crippen LogP contribution in [0.2, 0.25) is 0 Å². The van der Waals surface area contributed by atoms with Crippen LogP contribution in [0.4, 0.5) is 10.1 Å². The van der Waals surface area contributed by atoms with Gasteiger partial charge in [-0.1, -0.05) is 25.1 Å². The molecule has 0 spiro atoms. The number of amides is 1. The topological polar surface area (TPSA) is 51.9 Å². The largest absolute Gasteiger partial charge is 0.322 e. The number of aromatic nitrogens is 3. The molecule has 0 aliphatic carbocycles. The van der Waals surface area contributed by atoms with Gasteiger partial charge in [-0.3, -0.25) is 4.79 Å². The van der Waals surface area contributed by atoms with Crippen molar-refractivity contribution in [3.05, 3.63) is 96.2 Å². The van der Waals surface area contributed by atoms with Crippen LogP contribution < -0.4 is 5.32 Å². The lowest BCUT2D eigenvalue weighted by Gasteiger charge is -2.12. The third-order valence-electron chi connectivity index (χ3n) is 4.56. The quantitative estimate of drug-likeness (QED) is 0.554. The van der Waals surface area contributed by atoms with E-state index in [-0.39, 0.29) is 11.7 Å². The molecule has 0 saturated heterocycles. The number of carbonyl (C=O) groups excluding carboxylic acids is 1. The Balaban J connectivity index is 1.77.